The molecule has 2 aromatic rings. The maximum absolute atomic E-state index is 10.8. The Hall–Kier alpha value is -2.28. The van der Waals surface area contributed by atoms with Gasteiger partial charge in [0.2, 0.25) is 0 Å². The average molecular weight is 278 g/mol. The number of nitro benzene ring substituents is 1. The van der Waals surface area contributed by atoms with Crippen LogP contribution in [-0.2, 0) is 0 Å². The van der Waals surface area contributed by atoms with Crippen LogP contribution in [-0.4, -0.2) is 21.0 Å². The SMILES string of the molecule is CC(c1ccc([N+](=O)[O-])cc1)c1nc(C(=O)O)cs1. The number of rotatable bonds is 4. The summed E-state index contributed by atoms with van der Waals surface area (Å²) < 4.78 is 0. The summed E-state index contributed by atoms with van der Waals surface area (Å²) in [6.07, 6.45) is 0. The number of hydrogen-bond acceptors (Lipinski definition) is 5. The fraction of sp³-hybridized carbons (Fsp3) is 0.167. The lowest BCUT2D eigenvalue weighted by Gasteiger charge is -2.07. The Morgan fingerprint density at radius 3 is 2.53 bits per heavy atom. The molecule has 1 aromatic carbocycles. The van der Waals surface area contributed by atoms with E-state index in [1.54, 1.807) is 12.1 Å². The van der Waals surface area contributed by atoms with Gasteiger partial charge in [0.15, 0.2) is 5.69 Å². The van der Waals surface area contributed by atoms with Gasteiger partial charge in [0.25, 0.3) is 5.69 Å². The van der Waals surface area contributed by atoms with E-state index < -0.39 is 10.9 Å². The lowest BCUT2D eigenvalue weighted by atomic mass is 10.0. The summed E-state index contributed by atoms with van der Waals surface area (Å²) in [4.78, 5) is 24.9. The van der Waals surface area contributed by atoms with Gasteiger partial charge in [-0.15, -0.1) is 11.3 Å². The highest BCUT2D eigenvalue weighted by molar-refractivity contribution is 7.10. The minimum absolute atomic E-state index is 0.0220. The highest BCUT2D eigenvalue weighted by Crippen LogP contribution is 2.28. The van der Waals surface area contributed by atoms with Crippen LogP contribution < -0.4 is 0 Å². The number of benzene rings is 1. The van der Waals surface area contributed by atoms with Crippen LogP contribution in [0.25, 0.3) is 0 Å². The van der Waals surface area contributed by atoms with Crippen LogP contribution >= 0.6 is 11.3 Å². The van der Waals surface area contributed by atoms with E-state index in [-0.39, 0.29) is 17.3 Å². The van der Waals surface area contributed by atoms with Gasteiger partial charge in [-0.3, -0.25) is 10.1 Å². The quantitative estimate of drug-likeness (QED) is 0.685. The smallest absolute Gasteiger partial charge is 0.355 e. The predicted octanol–water partition coefficient (Wildman–Crippen LogP) is 2.90. The lowest BCUT2D eigenvalue weighted by Crippen LogP contribution is -2.00. The van der Waals surface area contributed by atoms with Crippen LogP contribution in [0.3, 0.4) is 0 Å². The van der Waals surface area contributed by atoms with Gasteiger partial charge in [0.05, 0.1) is 4.92 Å². The van der Waals surface area contributed by atoms with Gasteiger partial charge < -0.3 is 5.11 Å². The Bertz CT molecular complexity index is 621. The van der Waals surface area contributed by atoms with Crippen molar-refractivity contribution >= 4 is 23.0 Å². The number of carbonyl (C=O) groups is 1. The second kappa shape index (κ2) is 5.15. The molecule has 1 atom stereocenters. The molecule has 7 heteroatoms. The molecule has 0 saturated heterocycles. The van der Waals surface area contributed by atoms with E-state index in [0.717, 1.165) is 5.56 Å². The molecule has 0 saturated carbocycles. The maximum atomic E-state index is 10.8. The largest absolute Gasteiger partial charge is 0.476 e. The third-order valence-corrected chi connectivity index (χ3v) is 3.74. The van der Waals surface area contributed by atoms with Gasteiger partial charge in [-0.2, -0.15) is 0 Å². The summed E-state index contributed by atoms with van der Waals surface area (Å²) in [5, 5.41) is 21.5. The van der Waals surface area contributed by atoms with Crippen LogP contribution in [0.2, 0.25) is 0 Å². The van der Waals surface area contributed by atoms with E-state index in [0.29, 0.717) is 5.01 Å². The molecule has 98 valence electrons. The average Bonchev–Trinajstić information content (AvgIpc) is 2.87. The lowest BCUT2D eigenvalue weighted by molar-refractivity contribution is -0.384. The first-order valence-electron chi connectivity index (χ1n) is 5.42. The molecule has 0 aliphatic carbocycles. The van der Waals surface area contributed by atoms with Crippen molar-refractivity contribution in [3.63, 3.8) is 0 Å². The van der Waals surface area contributed by atoms with Gasteiger partial charge in [-0.25, -0.2) is 9.78 Å². The van der Waals surface area contributed by atoms with E-state index in [1.807, 2.05) is 6.92 Å². The fourth-order valence-electron chi connectivity index (χ4n) is 1.61. The molecular formula is C12H10N2O4S. The Kier molecular flexibility index (Phi) is 3.57. The summed E-state index contributed by atoms with van der Waals surface area (Å²) >= 11 is 1.27. The van der Waals surface area contributed by atoms with Gasteiger partial charge in [0, 0.05) is 23.4 Å². The Balaban J connectivity index is 2.25. The van der Waals surface area contributed by atoms with Crippen molar-refractivity contribution in [2.45, 2.75) is 12.8 Å². The first-order chi connectivity index (χ1) is 8.99. The summed E-state index contributed by atoms with van der Waals surface area (Å²) in [5.74, 6) is -1.16. The molecule has 0 bridgehead atoms. The zero-order valence-electron chi connectivity index (χ0n) is 9.94. The molecule has 6 nitrogen and oxygen atoms in total. The number of carboxylic acid groups (broad SMARTS) is 1. The number of carboxylic acids is 1. The molecule has 0 amide bonds. The first-order valence-corrected chi connectivity index (χ1v) is 6.30. The second-order valence-electron chi connectivity index (χ2n) is 3.95. The molecule has 1 aromatic heterocycles. The van der Waals surface area contributed by atoms with Crippen LogP contribution in [0, 0.1) is 10.1 Å². The summed E-state index contributed by atoms with van der Waals surface area (Å²) in [5.41, 5.74) is 0.909. The van der Waals surface area contributed by atoms with E-state index in [2.05, 4.69) is 4.98 Å². The summed E-state index contributed by atoms with van der Waals surface area (Å²) in [6.45, 7) is 1.88. The number of aromatic carboxylic acids is 1. The molecule has 1 unspecified atom stereocenters. The van der Waals surface area contributed by atoms with Gasteiger partial charge >= 0.3 is 5.97 Å². The van der Waals surface area contributed by atoms with Crippen molar-refractivity contribution in [3.05, 3.63) is 56.0 Å². The molecule has 19 heavy (non-hydrogen) atoms. The first kappa shape index (κ1) is 13.2. The normalized spacial score (nSPS) is 12.1. The standard InChI is InChI=1S/C12H10N2O4S/c1-7(11-13-10(6-19-11)12(15)16)8-2-4-9(5-3-8)14(17)18/h2-7H,1H3,(H,15,16). The van der Waals surface area contributed by atoms with E-state index in [1.165, 1.54) is 28.8 Å². The third kappa shape index (κ3) is 2.76. The molecule has 0 radical (unpaired) electrons. The number of nitrogens with zero attached hydrogens (tertiary/aromatic N) is 2. The van der Waals surface area contributed by atoms with Gasteiger partial charge in [-0.05, 0) is 5.56 Å². The van der Waals surface area contributed by atoms with Crippen LogP contribution in [0.5, 0.6) is 0 Å². The zero-order valence-corrected chi connectivity index (χ0v) is 10.8. The third-order valence-electron chi connectivity index (χ3n) is 2.72. The van der Waals surface area contributed by atoms with Crippen molar-refractivity contribution in [3.8, 4) is 0 Å². The van der Waals surface area contributed by atoms with Crippen LogP contribution in [0.15, 0.2) is 29.6 Å². The monoisotopic (exact) mass is 278 g/mol. The highest BCUT2D eigenvalue weighted by atomic mass is 32.1. The molecule has 0 aliphatic heterocycles. The van der Waals surface area contributed by atoms with Crippen LogP contribution in [0.1, 0.15) is 33.9 Å². The minimum Gasteiger partial charge on any atom is -0.476 e. The molecule has 1 N–H and O–H groups in total. The van der Waals surface area contributed by atoms with E-state index in [4.69, 9.17) is 5.11 Å². The number of hydrogen-bond donors (Lipinski definition) is 1. The molecule has 0 fully saturated rings. The predicted molar refractivity (Wildman–Crippen MR) is 69.7 cm³/mol. The Labute approximate surface area is 112 Å². The highest BCUT2D eigenvalue weighted by Gasteiger charge is 2.16. The minimum atomic E-state index is -1.06. The van der Waals surface area contributed by atoms with E-state index >= 15 is 0 Å². The number of thiazole rings is 1. The zero-order chi connectivity index (χ0) is 14.0. The van der Waals surface area contributed by atoms with Gasteiger partial charge in [-0.1, -0.05) is 19.1 Å². The van der Waals surface area contributed by atoms with Crippen LogP contribution in [0.4, 0.5) is 5.69 Å². The topological polar surface area (TPSA) is 93.3 Å². The van der Waals surface area contributed by atoms with Crippen molar-refractivity contribution in [1.29, 1.82) is 0 Å². The Morgan fingerprint density at radius 1 is 1.42 bits per heavy atom. The fourth-order valence-corrected chi connectivity index (χ4v) is 2.49. The molecule has 1 heterocycles. The number of aromatic nitrogens is 1. The molecule has 2 rings (SSSR count). The van der Waals surface area contributed by atoms with Gasteiger partial charge in [0.1, 0.15) is 5.01 Å². The molecular weight excluding hydrogens is 268 g/mol. The van der Waals surface area contributed by atoms with Crippen molar-refractivity contribution in [2.24, 2.45) is 0 Å². The maximum Gasteiger partial charge on any atom is 0.355 e. The number of nitro groups is 1. The molecule has 0 spiro atoms. The Morgan fingerprint density at radius 2 is 2.05 bits per heavy atom. The van der Waals surface area contributed by atoms with Crippen molar-refractivity contribution in [2.75, 3.05) is 0 Å². The van der Waals surface area contributed by atoms with Crippen molar-refractivity contribution in [1.82, 2.24) is 4.98 Å². The summed E-state index contributed by atoms with van der Waals surface area (Å²) in [7, 11) is 0. The molecule has 0 aliphatic rings. The van der Waals surface area contributed by atoms with Crippen molar-refractivity contribution < 1.29 is 14.8 Å². The second-order valence-corrected chi connectivity index (χ2v) is 4.84. The van der Waals surface area contributed by atoms with E-state index in [9.17, 15) is 14.9 Å². The summed E-state index contributed by atoms with van der Waals surface area (Å²) in [6, 6.07) is 6.17. The number of non-ortho nitro benzene ring substituents is 1.